The third kappa shape index (κ3) is 3.01. The summed E-state index contributed by atoms with van der Waals surface area (Å²) in [6.07, 6.45) is 1.58. The van der Waals surface area contributed by atoms with E-state index in [0.29, 0.717) is 5.69 Å². The average Bonchev–Trinajstić information content (AvgIpc) is 2.37. The van der Waals surface area contributed by atoms with Gasteiger partial charge in [-0.15, -0.1) is 5.10 Å². The van der Waals surface area contributed by atoms with Crippen molar-refractivity contribution in [2.24, 2.45) is 0 Å². The topological polar surface area (TPSA) is 47.9 Å². The second kappa shape index (κ2) is 5.13. The summed E-state index contributed by atoms with van der Waals surface area (Å²) in [5.74, 6) is 0.740. The molecule has 0 aliphatic heterocycles. The van der Waals surface area contributed by atoms with Crippen LogP contribution in [0.4, 0.5) is 0 Å². The van der Waals surface area contributed by atoms with Gasteiger partial charge >= 0.3 is 0 Å². The maximum atomic E-state index is 5.79. The highest BCUT2D eigenvalue weighted by Gasteiger charge is 2.17. The molecule has 0 atom stereocenters. The minimum absolute atomic E-state index is 0.0469. The molecule has 5 heteroatoms. The Morgan fingerprint density at radius 3 is 2.53 bits per heavy atom. The second-order valence-electron chi connectivity index (χ2n) is 5.28. The van der Waals surface area contributed by atoms with Gasteiger partial charge in [-0.1, -0.05) is 26.8 Å². The van der Waals surface area contributed by atoms with Gasteiger partial charge in [0.15, 0.2) is 0 Å². The molecule has 0 fully saturated rings. The zero-order chi connectivity index (χ0) is 14.0. The second-order valence-corrected chi connectivity index (χ2v) is 5.61. The van der Waals surface area contributed by atoms with Crippen LogP contribution in [0.25, 0.3) is 11.3 Å². The van der Waals surface area contributed by atoms with Crippen LogP contribution in [-0.4, -0.2) is 22.3 Å². The van der Waals surface area contributed by atoms with Crippen LogP contribution in [0.1, 0.15) is 26.3 Å². The number of methoxy groups -OCH3 is 1. The van der Waals surface area contributed by atoms with Gasteiger partial charge in [0.1, 0.15) is 5.75 Å². The van der Waals surface area contributed by atoms with E-state index in [0.717, 1.165) is 11.3 Å². The van der Waals surface area contributed by atoms with Gasteiger partial charge < -0.3 is 4.74 Å². The number of benzene rings is 1. The van der Waals surface area contributed by atoms with Crippen molar-refractivity contribution in [3.8, 4) is 17.0 Å². The molecule has 1 aromatic carbocycles. The summed E-state index contributed by atoms with van der Waals surface area (Å²) < 4.78 is 5.38. The number of hydrogen-bond donors (Lipinski definition) is 0. The molecule has 0 unspecified atom stereocenters. The summed E-state index contributed by atoms with van der Waals surface area (Å²) in [7, 11) is 1.63. The maximum Gasteiger partial charge on any atom is 0.243 e. The van der Waals surface area contributed by atoms with Crippen molar-refractivity contribution >= 4 is 11.6 Å². The fourth-order valence-corrected chi connectivity index (χ4v) is 1.92. The van der Waals surface area contributed by atoms with E-state index in [2.05, 4.69) is 48.1 Å². The van der Waals surface area contributed by atoms with Crippen molar-refractivity contribution in [1.29, 1.82) is 0 Å². The number of halogens is 1. The molecule has 0 saturated heterocycles. The normalized spacial score (nSPS) is 11.4. The summed E-state index contributed by atoms with van der Waals surface area (Å²) in [4.78, 5) is 4.19. The molecule has 0 saturated carbocycles. The molecule has 19 heavy (non-hydrogen) atoms. The number of nitrogens with zero attached hydrogens (tertiary/aromatic N) is 3. The summed E-state index contributed by atoms with van der Waals surface area (Å²) in [6, 6.07) is 6.05. The van der Waals surface area contributed by atoms with Crippen molar-refractivity contribution < 1.29 is 4.74 Å². The Bertz CT molecular complexity index is 593. The third-order valence-corrected chi connectivity index (χ3v) is 3.03. The zero-order valence-corrected chi connectivity index (χ0v) is 12.2. The van der Waals surface area contributed by atoms with Crippen molar-refractivity contribution in [2.45, 2.75) is 26.2 Å². The molecule has 0 bridgehead atoms. The highest BCUT2D eigenvalue weighted by atomic mass is 35.5. The van der Waals surface area contributed by atoms with Gasteiger partial charge in [0.05, 0.1) is 19.0 Å². The molecule has 0 spiro atoms. The molecule has 0 aliphatic rings. The molecule has 0 N–H and O–H groups in total. The highest BCUT2D eigenvalue weighted by molar-refractivity contribution is 6.28. The van der Waals surface area contributed by atoms with E-state index in [1.807, 2.05) is 6.07 Å². The first kappa shape index (κ1) is 13.7. The fourth-order valence-electron chi connectivity index (χ4n) is 1.79. The van der Waals surface area contributed by atoms with Crippen LogP contribution in [0, 0.1) is 0 Å². The Labute approximate surface area is 117 Å². The Hall–Kier alpha value is -1.68. The molecule has 1 aromatic heterocycles. The molecule has 0 aliphatic carbocycles. The molecule has 4 nitrogen and oxygen atoms in total. The van der Waals surface area contributed by atoms with Crippen LogP contribution in [0.15, 0.2) is 24.4 Å². The molecule has 0 amide bonds. The number of rotatable bonds is 2. The van der Waals surface area contributed by atoms with Crippen LogP contribution in [0.2, 0.25) is 5.28 Å². The molecule has 100 valence electrons. The number of hydrogen-bond acceptors (Lipinski definition) is 4. The Balaban J connectivity index is 2.60. The van der Waals surface area contributed by atoms with Crippen LogP contribution < -0.4 is 4.74 Å². The van der Waals surface area contributed by atoms with Crippen LogP contribution in [0.5, 0.6) is 5.75 Å². The van der Waals surface area contributed by atoms with E-state index in [4.69, 9.17) is 16.3 Å². The lowest BCUT2D eigenvalue weighted by Gasteiger charge is -2.20. The first-order valence-electron chi connectivity index (χ1n) is 5.96. The summed E-state index contributed by atoms with van der Waals surface area (Å²) >= 11 is 5.79. The lowest BCUT2D eigenvalue weighted by molar-refractivity contribution is 0.415. The standard InChI is InChI=1S/C14H16ClN3O/c1-14(2,3)9-5-6-12(19-4)10(7-9)11-8-16-18-13(15)17-11/h5-8H,1-4H3. The lowest BCUT2D eigenvalue weighted by Crippen LogP contribution is -2.11. The predicted molar refractivity (Wildman–Crippen MR) is 75.5 cm³/mol. The van der Waals surface area contributed by atoms with Crippen LogP contribution >= 0.6 is 11.6 Å². The third-order valence-electron chi connectivity index (χ3n) is 2.87. The van der Waals surface area contributed by atoms with Gasteiger partial charge in [-0.25, -0.2) is 4.98 Å². The van der Waals surface area contributed by atoms with E-state index >= 15 is 0 Å². The highest BCUT2D eigenvalue weighted by Crippen LogP contribution is 2.33. The van der Waals surface area contributed by atoms with Gasteiger partial charge in [0.2, 0.25) is 5.28 Å². The first-order chi connectivity index (χ1) is 8.91. The molecule has 2 aromatic rings. The largest absolute Gasteiger partial charge is 0.496 e. The number of aromatic nitrogens is 3. The Kier molecular flexibility index (Phi) is 3.71. The Morgan fingerprint density at radius 1 is 1.21 bits per heavy atom. The molecular formula is C14H16ClN3O. The van der Waals surface area contributed by atoms with Crippen molar-refractivity contribution in [3.63, 3.8) is 0 Å². The van der Waals surface area contributed by atoms with E-state index in [1.165, 1.54) is 5.56 Å². The predicted octanol–water partition coefficient (Wildman–Crippen LogP) is 3.50. The van der Waals surface area contributed by atoms with Crippen LogP contribution in [-0.2, 0) is 5.41 Å². The van der Waals surface area contributed by atoms with E-state index in [1.54, 1.807) is 13.3 Å². The van der Waals surface area contributed by atoms with E-state index in [9.17, 15) is 0 Å². The van der Waals surface area contributed by atoms with E-state index < -0.39 is 0 Å². The van der Waals surface area contributed by atoms with Gasteiger partial charge in [-0.3, -0.25) is 0 Å². The van der Waals surface area contributed by atoms with Gasteiger partial charge in [-0.2, -0.15) is 5.10 Å². The van der Waals surface area contributed by atoms with Crippen LogP contribution in [0.3, 0.4) is 0 Å². The smallest absolute Gasteiger partial charge is 0.243 e. The monoisotopic (exact) mass is 277 g/mol. The number of ether oxygens (including phenoxy) is 1. The summed E-state index contributed by atoms with van der Waals surface area (Å²) in [5, 5.41) is 7.61. The minimum atomic E-state index is 0.0469. The maximum absolute atomic E-state index is 5.79. The van der Waals surface area contributed by atoms with Gasteiger partial charge in [0.25, 0.3) is 0 Å². The summed E-state index contributed by atoms with van der Waals surface area (Å²) in [6.45, 7) is 6.47. The van der Waals surface area contributed by atoms with Gasteiger partial charge in [0, 0.05) is 5.56 Å². The quantitative estimate of drug-likeness (QED) is 0.843. The van der Waals surface area contributed by atoms with Crippen molar-refractivity contribution in [3.05, 3.63) is 35.2 Å². The first-order valence-corrected chi connectivity index (χ1v) is 6.34. The van der Waals surface area contributed by atoms with Crippen molar-refractivity contribution in [2.75, 3.05) is 7.11 Å². The molecule has 0 radical (unpaired) electrons. The zero-order valence-electron chi connectivity index (χ0n) is 11.4. The summed E-state index contributed by atoms with van der Waals surface area (Å²) in [5.41, 5.74) is 2.76. The average molecular weight is 278 g/mol. The Morgan fingerprint density at radius 2 is 1.95 bits per heavy atom. The SMILES string of the molecule is COc1ccc(C(C)(C)C)cc1-c1cnnc(Cl)n1. The molecule has 2 rings (SSSR count). The van der Waals surface area contributed by atoms with Crippen molar-refractivity contribution in [1.82, 2.24) is 15.2 Å². The fraction of sp³-hybridized carbons (Fsp3) is 0.357. The van der Waals surface area contributed by atoms with E-state index in [-0.39, 0.29) is 10.7 Å². The van der Waals surface area contributed by atoms with Gasteiger partial charge in [-0.05, 0) is 34.7 Å². The molecular weight excluding hydrogens is 262 g/mol. The molecule has 1 heterocycles. The lowest BCUT2D eigenvalue weighted by atomic mass is 9.86. The minimum Gasteiger partial charge on any atom is -0.496 e.